The van der Waals surface area contributed by atoms with E-state index in [0.717, 1.165) is 32.6 Å². The van der Waals surface area contributed by atoms with E-state index in [1.807, 2.05) is 0 Å². The largest absolute Gasteiger partial charge is 0.380 e. The second-order valence-electron chi connectivity index (χ2n) is 5.40. The number of ether oxygens (including phenoxy) is 1. The molecule has 1 heterocycles. The monoisotopic (exact) mass is 243 g/mol. The second kappa shape index (κ2) is 7.31. The van der Waals surface area contributed by atoms with Gasteiger partial charge >= 0.3 is 0 Å². The molecule has 1 aliphatic heterocycles. The van der Waals surface area contributed by atoms with Crippen molar-refractivity contribution in [1.29, 1.82) is 0 Å². The minimum Gasteiger partial charge on any atom is -0.380 e. The smallest absolute Gasteiger partial charge is 0.0711 e. The van der Waals surface area contributed by atoms with E-state index < -0.39 is 0 Å². The lowest BCUT2D eigenvalue weighted by Crippen LogP contribution is -2.45. The summed E-state index contributed by atoms with van der Waals surface area (Å²) in [6.45, 7) is 8.92. The van der Waals surface area contributed by atoms with Crippen LogP contribution in [0.2, 0.25) is 0 Å². The molecule has 102 valence electrons. The first-order valence-electron chi connectivity index (χ1n) is 6.71. The van der Waals surface area contributed by atoms with Gasteiger partial charge in [-0.15, -0.1) is 0 Å². The summed E-state index contributed by atoms with van der Waals surface area (Å²) in [4.78, 5) is 4.81. The summed E-state index contributed by atoms with van der Waals surface area (Å²) >= 11 is 0. The van der Waals surface area contributed by atoms with Crippen molar-refractivity contribution < 1.29 is 4.74 Å². The molecule has 4 heteroatoms. The van der Waals surface area contributed by atoms with Crippen LogP contribution in [0.5, 0.6) is 0 Å². The van der Waals surface area contributed by atoms with Gasteiger partial charge < -0.3 is 15.0 Å². The van der Waals surface area contributed by atoms with Crippen LogP contribution in [0.3, 0.4) is 0 Å². The maximum atomic E-state index is 5.39. The molecular formula is C13H29N3O. The first-order chi connectivity index (χ1) is 8.06. The highest BCUT2D eigenvalue weighted by Crippen LogP contribution is 2.12. The third-order valence-corrected chi connectivity index (χ3v) is 3.63. The number of methoxy groups -OCH3 is 1. The lowest BCUT2D eigenvalue weighted by molar-refractivity contribution is 0.113. The molecule has 3 unspecified atom stereocenters. The Morgan fingerprint density at radius 1 is 1.41 bits per heavy atom. The Balaban J connectivity index is 2.36. The Hall–Kier alpha value is -0.160. The van der Waals surface area contributed by atoms with Crippen LogP contribution in [0.4, 0.5) is 0 Å². The lowest BCUT2D eigenvalue weighted by atomic mass is 10.1. The van der Waals surface area contributed by atoms with Gasteiger partial charge in [-0.05, 0) is 34.0 Å². The Kier molecular flexibility index (Phi) is 6.41. The molecule has 3 atom stereocenters. The number of nitrogens with one attached hydrogen (secondary N) is 1. The topological polar surface area (TPSA) is 27.7 Å². The van der Waals surface area contributed by atoms with Crippen LogP contribution in [0.15, 0.2) is 0 Å². The van der Waals surface area contributed by atoms with Crippen LogP contribution in [0, 0.1) is 0 Å². The third kappa shape index (κ3) is 4.92. The maximum Gasteiger partial charge on any atom is 0.0711 e. The molecular weight excluding hydrogens is 214 g/mol. The van der Waals surface area contributed by atoms with Gasteiger partial charge in [-0.3, -0.25) is 4.90 Å². The Labute approximate surface area is 106 Å². The van der Waals surface area contributed by atoms with Crippen molar-refractivity contribution in [3.05, 3.63) is 0 Å². The molecule has 17 heavy (non-hydrogen) atoms. The van der Waals surface area contributed by atoms with Crippen LogP contribution >= 0.6 is 0 Å². The van der Waals surface area contributed by atoms with Crippen molar-refractivity contribution >= 4 is 0 Å². The van der Waals surface area contributed by atoms with Gasteiger partial charge in [-0.2, -0.15) is 0 Å². The summed E-state index contributed by atoms with van der Waals surface area (Å²) in [5.41, 5.74) is 0. The molecule has 1 fully saturated rings. The van der Waals surface area contributed by atoms with Crippen LogP contribution in [-0.4, -0.2) is 75.4 Å². The number of rotatable bonds is 7. The quantitative estimate of drug-likeness (QED) is 0.710. The number of likely N-dealkylation sites (N-methyl/N-ethyl adjacent to an activating group) is 2. The van der Waals surface area contributed by atoms with Gasteiger partial charge in [0.25, 0.3) is 0 Å². The zero-order chi connectivity index (χ0) is 12.8. The highest BCUT2D eigenvalue weighted by Gasteiger charge is 2.26. The van der Waals surface area contributed by atoms with Gasteiger partial charge in [0.2, 0.25) is 0 Å². The molecule has 4 nitrogen and oxygen atoms in total. The predicted octanol–water partition coefficient (Wildman–Crippen LogP) is 0.635. The van der Waals surface area contributed by atoms with Crippen molar-refractivity contribution in [3.8, 4) is 0 Å². The predicted molar refractivity (Wildman–Crippen MR) is 72.5 cm³/mol. The third-order valence-electron chi connectivity index (χ3n) is 3.63. The summed E-state index contributed by atoms with van der Waals surface area (Å²) in [7, 11) is 6.08. The number of hydrogen-bond acceptors (Lipinski definition) is 4. The molecule has 0 aromatic carbocycles. The van der Waals surface area contributed by atoms with E-state index in [-0.39, 0.29) is 0 Å². The molecule has 0 radical (unpaired) electrons. The van der Waals surface area contributed by atoms with Crippen LogP contribution in [0.25, 0.3) is 0 Å². The highest BCUT2D eigenvalue weighted by molar-refractivity contribution is 4.85. The molecule has 1 N–H and O–H groups in total. The molecule has 0 saturated carbocycles. The molecule has 0 aromatic heterocycles. The lowest BCUT2D eigenvalue weighted by Gasteiger charge is -2.32. The standard InChI is InChI=1S/C13H29N3O/c1-6-16(11(2)9-15(3)4)10-12-7-13(17-5)8-14-12/h11-14H,6-10H2,1-5H3. The van der Waals surface area contributed by atoms with Crippen LogP contribution in [-0.2, 0) is 4.74 Å². The Morgan fingerprint density at radius 3 is 2.59 bits per heavy atom. The fraction of sp³-hybridized carbons (Fsp3) is 1.00. The fourth-order valence-electron chi connectivity index (χ4n) is 2.65. The minimum absolute atomic E-state index is 0.405. The average Bonchev–Trinajstić information content (AvgIpc) is 2.72. The molecule has 1 saturated heterocycles. The molecule has 0 aliphatic carbocycles. The van der Waals surface area contributed by atoms with Gasteiger partial charge in [0.05, 0.1) is 6.10 Å². The first kappa shape index (κ1) is 14.9. The second-order valence-corrected chi connectivity index (χ2v) is 5.40. The summed E-state index contributed by atoms with van der Waals surface area (Å²) in [5.74, 6) is 0. The summed E-state index contributed by atoms with van der Waals surface area (Å²) < 4.78 is 5.39. The SMILES string of the molecule is CCN(CC1CC(OC)CN1)C(C)CN(C)C. The fourth-order valence-corrected chi connectivity index (χ4v) is 2.65. The van der Waals surface area contributed by atoms with Gasteiger partial charge in [0.15, 0.2) is 0 Å². The normalized spacial score (nSPS) is 27.0. The Morgan fingerprint density at radius 2 is 2.12 bits per heavy atom. The minimum atomic E-state index is 0.405. The van der Waals surface area contributed by atoms with Gasteiger partial charge in [-0.1, -0.05) is 6.92 Å². The first-order valence-corrected chi connectivity index (χ1v) is 6.71. The van der Waals surface area contributed by atoms with Gasteiger partial charge in [0, 0.05) is 38.8 Å². The molecule has 0 spiro atoms. The summed E-state index contributed by atoms with van der Waals surface area (Å²) in [6.07, 6.45) is 1.55. The zero-order valence-corrected chi connectivity index (χ0v) is 12.1. The van der Waals surface area contributed by atoms with Gasteiger partial charge in [-0.25, -0.2) is 0 Å². The molecule has 1 rings (SSSR count). The van der Waals surface area contributed by atoms with Crippen molar-refractivity contribution in [3.63, 3.8) is 0 Å². The van der Waals surface area contributed by atoms with Crippen LogP contribution < -0.4 is 5.32 Å². The molecule has 0 amide bonds. The van der Waals surface area contributed by atoms with E-state index in [0.29, 0.717) is 18.2 Å². The van der Waals surface area contributed by atoms with E-state index in [2.05, 4.69) is 43.1 Å². The number of nitrogens with zero attached hydrogens (tertiary/aromatic N) is 2. The molecule has 1 aliphatic rings. The van der Waals surface area contributed by atoms with Gasteiger partial charge in [0.1, 0.15) is 0 Å². The molecule has 0 aromatic rings. The highest BCUT2D eigenvalue weighted by atomic mass is 16.5. The van der Waals surface area contributed by atoms with E-state index in [9.17, 15) is 0 Å². The van der Waals surface area contributed by atoms with Crippen molar-refractivity contribution in [2.45, 2.75) is 38.5 Å². The molecule has 0 bridgehead atoms. The van der Waals surface area contributed by atoms with Crippen molar-refractivity contribution in [2.75, 3.05) is 47.4 Å². The maximum absolute atomic E-state index is 5.39. The number of hydrogen-bond donors (Lipinski definition) is 1. The van der Waals surface area contributed by atoms with E-state index >= 15 is 0 Å². The van der Waals surface area contributed by atoms with Crippen molar-refractivity contribution in [2.24, 2.45) is 0 Å². The van der Waals surface area contributed by atoms with E-state index in [1.165, 1.54) is 0 Å². The summed E-state index contributed by atoms with van der Waals surface area (Å²) in [5, 5.41) is 3.55. The van der Waals surface area contributed by atoms with E-state index in [4.69, 9.17) is 4.74 Å². The van der Waals surface area contributed by atoms with E-state index in [1.54, 1.807) is 7.11 Å². The van der Waals surface area contributed by atoms with Crippen molar-refractivity contribution in [1.82, 2.24) is 15.1 Å². The average molecular weight is 243 g/mol. The summed E-state index contributed by atoms with van der Waals surface area (Å²) in [6, 6.07) is 1.20. The zero-order valence-electron chi connectivity index (χ0n) is 12.1. The Bertz CT molecular complexity index is 211. The van der Waals surface area contributed by atoms with Crippen LogP contribution in [0.1, 0.15) is 20.3 Å².